The molecule has 26 heavy (non-hydrogen) atoms. The van der Waals surface area contributed by atoms with Crippen molar-refractivity contribution >= 4 is 23.4 Å². The number of carbonyl (C=O) groups is 2. The van der Waals surface area contributed by atoms with E-state index in [-0.39, 0.29) is 35.4 Å². The first-order valence-electron chi connectivity index (χ1n) is 8.33. The number of halogens is 2. The molecule has 1 N–H and O–H groups in total. The minimum absolute atomic E-state index is 0.137. The maximum absolute atomic E-state index is 14.1. The van der Waals surface area contributed by atoms with Gasteiger partial charge < -0.3 is 10.2 Å². The van der Waals surface area contributed by atoms with Gasteiger partial charge in [-0.25, -0.2) is 4.39 Å². The monoisotopic (exact) mass is 376 g/mol. The lowest BCUT2D eigenvalue weighted by atomic mass is 10.1. The number of likely N-dealkylation sites (N-methyl/N-ethyl adjacent to an activating group) is 1. The number of nitrogens with one attached hydrogen (secondary N) is 1. The van der Waals surface area contributed by atoms with Crippen LogP contribution in [0.3, 0.4) is 0 Å². The zero-order valence-electron chi connectivity index (χ0n) is 15.1. The second kappa shape index (κ2) is 8.81. The third kappa shape index (κ3) is 4.61. The van der Waals surface area contributed by atoms with Gasteiger partial charge in [0.2, 0.25) is 11.8 Å². The van der Waals surface area contributed by atoms with Crippen LogP contribution in [-0.2, 0) is 22.6 Å². The summed E-state index contributed by atoms with van der Waals surface area (Å²) in [7, 11) is 1.52. The summed E-state index contributed by atoms with van der Waals surface area (Å²) in [6.07, 6.45) is -0.210. The van der Waals surface area contributed by atoms with Gasteiger partial charge in [-0.2, -0.15) is 0 Å². The maximum atomic E-state index is 14.1. The van der Waals surface area contributed by atoms with E-state index in [1.807, 2.05) is 31.2 Å². The summed E-state index contributed by atoms with van der Waals surface area (Å²) in [5.41, 5.74) is 2.08. The Kier molecular flexibility index (Phi) is 6.75. The molecule has 0 heterocycles. The summed E-state index contributed by atoms with van der Waals surface area (Å²) in [6, 6.07) is 11.2. The van der Waals surface area contributed by atoms with E-state index in [4.69, 9.17) is 11.6 Å². The molecule has 0 aromatic heterocycles. The number of nitrogens with zero attached hydrogens (tertiary/aromatic N) is 1. The summed E-state index contributed by atoms with van der Waals surface area (Å²) in [4.78, 5) is 26.5. The molecule has 0 saturated heterocycles. The molecule has 0 aliphatic heterocycles. The molecule has 0 aliphatic rings. The van der Waals surface area contributed by atoms with Crippen molar-refractivity contribution in [3.8, 4) is 0 Å². The molecule has 0 unspecified atom stereocenters. The van der Waals surface area contributed by atoms with Crippen molar-refractivity contribution < 1.29 is 14.0 Å². The molecule has 2 amide bonds. The van der Waals surface area contributed by atoms with E-state index < -0.39 is 11.9 Å². The highest BCUT2D eigenvalue weighted by atomic mass is 35.5. The summed E-state index contributed by atoms with van der Waals surface area (Å²) in [5, 5.41) is 2.75. The molecule has 6 heteroatoms. The summed E-state index contributed by atoms with van der Waals surface area (Å²) >= 11 is 6.04. The van der Waals surface area contributed by atoms with Gasteiger partial charge in [0.15, 0.2) is 0 Å². The van der Waals surface area contributed by atoms with Crippen molar-refractivity contribution in [3.63, 3.8) is 0 Å². The van der Waals surface area contributed by atoms with Gasteiger partial charge in [0.25, 0.3) is 0 Å². The van der Waals surface area contributed by atoms with E-state index in [1.165, 1.54) is 24.1 Å². The van der Waals surface area contributed by atoms with E-state index in [9.17, 15) is 14.0 Å². The van der Waals surface area contributed by atoms with Gasteiger partial charge in [-0.3, -0.25) is 9.59 Å². The fraction of sp³-hybridized carbons (Fsp3) is 0.300. The Hall–Kier alpha value is -2.40. The lowest BCUT2D eigenvalue weighted by Crippen LogP contribution is -2.47. The van der Waals surface area contributed by atoms with Crippen LogP contribution in [0, 0.1) is 12.7 Å². The molecular formula is C20H22ClFN2O2. The minimum atomic E-state index is -0.697. The van der Waals surface area contributed by atoms with Gasteiger partial charge in [-0.1, -0.05) is 41.9 Å². The molecule has 0 radical (unpaired) electrons. The summed E-state index contributed by atoms with van der Waals surface area (Å²) in [6.45, 7) is 3.85. The quantitative estimate of drug-likeness (QED) is 0.838. The molecule has 1 atom stereocenters. The lowest BCUT2D eigenvalue weighted by Gasteiger charge is -2.29. The van der Waals surface area contributed by atoms with Gasteiger partial charge >= 0.3 is 0 Å². The Labute approximate surface area is 158 Å². The highest BCUT2D eigenvalue weighted by Crippen LogP contribution is 2.22. The molecule has 0 spiro atoms. The van der Waals surface area contributed by atoms with E-state index in [1.54, 1.807) is 13.0 Å². The number of carbonyl (C=O) groups excluding carboxylic acids is 2. The van der Waals surface area contributed by atoms with Crippen LogP contribution < -0.4 is 5.32 Å². The predicted octanol–water partition coefficient (Wildman–Crippen LogP) is 3.49. The average molecular weight is 377 g/mol. The molecule has 0 saturated carbocycles. The van der Waals surface area contributed by atoms with Crippen molar-refractivity contribution in [2.45, 2.75) is 32.9 Å². The van der Waals surface area contributed by atoms with Crippen LogP contribution in [0.1, 0.15) is 23.6 Å². The molecule has 0 fully saturated rings. The molecule has 4 nitrogen and oxygen atoms in total. The van der Waals surface area contributed by atoms with Crippen LogP contribution in [-0.4, -0.2) is 29.8 Å². The third-order valence-corrected chi connectivity index (χ3v) is 4.76. The second-order valence-electron chi connectivity index (χ2n) is 6.12. The van der Waals surface area contributed by atoms with Crippen LogP contribution in [0.4, 0.5) is 4.39 Å². The van der Waals surface area contributed by atoms with Crippen molar-refractivity contribution in [2.75, 3.05) is 7.05 Å². The Morgan fingerprint density at radius 3 is 2.50 bits per heavy atom. The zero-order valence-corrected chi connectivity index (χ0v) is 15.8. The highest BCUT2D eigenvalue weighted by molar-refractivity contribution is 6.31. The van der Waals surface area contributed by atoms with Gasteiger partial charge in [-0.15, -0.1) is 0 Å². The lowest BCUT2D eigenvalue weighted by molar-refractivity contribution is -0.139. The number of aryl methyl sites for hydroxylation is 1. The summed E-state index contributed by atoms with van der Waals surface area (Å²) < 4.78 is 14.1. The first-order chi connectivity index (χ1) is 12.3. The maximum Gasteiger partial charge on any atom is 0.242 e. The largest absolute Gasteiger partial charge is 0.357 e. The number of hydrogen-bond acceptors (Lipinski definition) is 2. The fourth-order valence-electron chi connectivity index (χ4n) is 2.72. The average Bonchev–Trinajstić information content (AvgIpc) is 2.62. The van der Waals surface area contributed by atoms with Crippen molar-refractivity contribution in [1.82, 2.24) is 10.2 Å². The first-order valence-corrected chi connectivity index (χ1v) is 8.71. The van der Waals surface area contributed by atoms with Crippen LogP contribution in [0.25, 0.3) is 0 Å². The SMILES string of the molecule is CNC(=O)[C@@H](C)N(Cc1ccccc1C)C(=O)Cc1c(F)cccc1Cl. The topological polar surface area (TPSA) is 49.4 Å². The zero-order chi connectivity index (χ0) is 19.3. The van der Waals surface area contributed by atoms with Crippen molar-refractivity contribution in [1.29, 1.82) is 0 Å². The van der Waals surface area contributed by atoms with Gasteiger partial charge in [0, 0.05) is 24.2 Å². The second-order valence-corrected chi connectivity index (χ2v) is 6.52. The van der Waals surface area contributed by atoms with E-state index in [0.717, 1.165) is 11.1 Å². The Morgan fingerprint density at radius 2 is 1.88 bits per heavy atom. The number of amides is 2. The van der Waals surface area contributed by atoms with Crippen LogP contribution in [0.5, 0.6) is 0 Å². The van der Waals surface area contributed by atoms with Crippen molar-refractivity contribution in [3.05, 3.63) is 70.0 Å². The molecule has 0 aliphatic carbocycles. The number of hydrogen-bond donors (Lipinski definition) is 1. The third-order valence-electron chi connectivity index (χ3n) is 4.41. The van der Waals surface area contributed by atoms with Crippen LogP contribution in [0.2, 0.25) is 5.02 Å². The molecule has 0 bridgehead atoms. The van der Waals surface area contributed by atoms with Crippen LogP contribution >= 0.6 is 11.6 Å². The normalized spacial score (nSPS) is 11.7. The number of benzene rings is 2. The van der Waals surface area contributed by atoms with E-state index >= 15 is 0 Å². The van der Waals surface area contributed by atoms with E-state index in [0.29, 0.717) is 0 Å². The first kappa shape index (κ1) is 19.9. The number of rotatable bonds is 6. The van der Waals surface area contributed by atoms with Crippen molar-refractivity contribution in [2.24, 2.45) is 0 Å². The van der Waals surface area contributed by atoms with Crippen LogP contribution in [0.15, 0.2) is 42.5 Å². The Bertz CT molecular complexity index is 790. The molecule has 138 valence electrons. The standard InChI is InChI=1S/C20H22ClFN2O2/c1-13-7-4-5-8-15(13)12-24(14(2)20(26)23-3)19(25)11-16-17(21)9-6-10-18(16)22/h4-10,14H,11-12H2,1-3H3,(H,23,26)/t14-/m1/s1. The Balaban J connectivity index is 2.32. The van der Waals surface area contributed by atoms with Gasteiger partial charge in [-0.05, 0) is 37.1 Å². The predicted molar refractivity (Wildman–Crippen MR) is 100 cm³/mol. The van der Waals surface area contributed by atoms with Gasteiger partial charge in [0.05, 0.1) is 6.42 Å². The fourth-order valence-corrected chi connectivity index (χ4v) is 2.95. The minimum Gasteiger partial charge on any atom is -0.357 e. The van der Waals surface area contributed by atoms with Gasteiger partial charge in [0.1, 0.15) is 11.9 Å². The Morgan fingerprint density at radius 1 is 1.19 bits per heavy atom. The van der Waals surface area contributed by atoms with E-state index in [2.05, 4.69) is 5.32 Å². The summed E-state index contributed by atoms with van der Waals surface area (Å²) in [5.74, 6) is -1.18. The molecule has 2 rings (SSSR count). The molecule has 2 aromatic rings. The smallest absolute Gasteiger partial charge is 0.242 e. The molecular weight excluding hydrogens is 355 g/mol. The molecule has 2 aromatic carbocycles. The highest BCUT2D eigenvalue weighted by Gasteiger charge is 2.27.